The number of rotatable bonds is 14. The lowest BCUT2D eigenvalue weighted by molar-refractivity contribution is -0.140. The largest absolute Gasteiger partial charge is 0.457 e. The first-order valence-corrected chi connectivity index (χ1v) is 18.1. The van der Waals surface area contributed by atoms with Gasteiger partial charge in [-0.25, -0.2) is 8.42 Å². The molecule has 5 aromatic carbocycles. The van der Waals surface area contributed by atoms with Gasteiger partial charge in [0.15, 0.2) is 0 Å². The van der Waals surface area contributed by atoms with Crippen molar-refractivity contribution in [2.75, 3.05) is 10.8 Å². The number of carbonyl (C=O) groups is 2. The molecule has 5 aromatic rings. The van der Waals surface area contributed by atoms with E-state index in [1.807, 2.05) is 81.4 Å². The van der Waals surface area contributed by atoms with E-state index in [1.54, 1.807) is 60.7 Å². The highest BCUT2D eigenvalue weighted by Crippen LogP contribution is 2.29. The van der Waals surface area contributed by atoms with Crippen LogP contribution in [-0.4, -0.2) is 43.8 Å². The second-order valence-electron chi connectivity index (χ2n) is 12.3. The SMILES string of the molecule is Cc1ccc(S(=O)(=O)N(CC(=O)N(Cc2ccc(Cl)cc2)[C@@H](Cc2ccccc2)C(=O)NC(C)C)c2ccc(Oc3ccccc3)cc2)cc1. The molecule has 5 rings (SSSR count). The van der Waals surface area contributed by atoms with E-state index >= 15 is 0 Å². The molecule has 2 amide bonds. The summed E-state index contributed by atoms with van der Waals surface area (Å²) in [5.41, 5.74) is 2.73. The molecule has 1 atom stereocenters. The lowest BCUT2D eigenvalue weighted by Crippen LogP contribution is -2.54. The molecular weight excluding hydrogens is 670 g/mol. The Balaban J connectivity index is 1.55. The summed E-state index contributed by atoms with van der Waals surface area (Å²) in [5, 5.41) is 3.49. The lowest BCUT2D eigenvalue weighted by Gasteiger charge is -2.34. The predicted molar refractivity (Wildman–Crippen MR) is 198 cm³/mol. The topological polar surface area (TPSA) is 96.0 Å². The first kappa shape index (κ1) is 36.2. The Morgan fingerprint density at radius 2 is 1.32 bits per heavy atom. The minimum atomic E-state index is -4.25. The Bertz CT molecular complexity index is 1970. The van der Waals surface area contributed by atoms with E-state index in [0.29, 0.717) is 16.5 Å². The van der Waals surface area contributed by atoms with E-state index in [2.05, 4.69) is 5.32 Å². The van der Waals surface area contributed by atoms with Gasteiger partial charge in [-0.05, 0) is 92.6 Å². The maximum Gasteiger partial charge on any atom is 0.264 e. The average molecular weight is 710 g/mol. The van der Waals surface area contributed by atoms with Gasteiger partial charge in [-0.2, -0.15) is 0 Å². The number of aryl methyl sites for hydroxylation is 1. The molecule has 0 aliphatic carbocycles. The van der Waals surface area contributed by atoms with Crippen LogP contribution in [-0.2, 0) is 32.6 Å². The monoisotopic (exact) mass is 709 g/mol. The molecule has 0 aliphatic heterocycles. The third-order valence-corrected chi connectivity index (χ3v) is 10.00. The molecule has 0 radical (unpaired) electrons. The summed E-state index contributed by atoms with van der Waals surface area (Å²) in [5.74, 6) is 0.222. The highest BCUT2D eigenvalue weighted by Gasteiger charge is 2.35. The summed E-state index contributed by atoms with van der Waals surface area (Å²) in [6.07, 6.45) is 0.217. The minimum Gasteiger partial charge on any atom is -0.457 e. The van der Waals surface area contributed by atoms with Crippen molar-refractivity contribution in [3.63, 3.8) is 0 Å². The number of hydrogen-bond donors (Lipinski definition) is 1. The van der Waals surface area contributed by atoms with Crippen molar-refractivity contribution in [1.82, 2.24) is 10.2 Å². The fraction of sp³-hybridized carbons (Fsp3) is 0.200. The summed E-state index contributed by atoms with van der Waals surface area (Å²) < 4.78 is 35.7. The Labute approximate surface area is 299 Å². The van der Waals surface area contributed by atoms with Gasteiger partial charge in [0, 0.05) is 24.0 Å². The van der Waals surface area contributed by atoms with Crippen molar-refractivity contribution in [2.45, 2.75) is 50.7 Å². The summed E-state index contributed by atoms with van der Waals surface area (Å²) in [4.78, 5) is 30.0. The number of hydrogen-bond acceptors (Lipinski definition) is 5. The number of carbonyl (C=O) groups excluding carboxylic acids is 2. The molecule has 8 nitrogen and oxygen atoms in total. The van der Waals surface area contributed by atoms with E-state index in [0.717, 1.165) is 21.0 Å². The summed E-state index contributed by atoms with van der Waals surface area (Å²) in [6.45, 7) is 5.05. The van der Waals surface area contributed by atoms with Crippen LogP contribution in [0.2, 0.25) is 5.02 Å². The molecule has 258 valence electrons. The number of benzene rings is 5. The summed E-state index contributed by atoms with van der Waals surface area (Å²) >= 11 is 6.17. The number of ether oxygens (including phenoxy) is 1. The third-order valence-electron chi connectivity index (χ3n) is 7.96. The molecule has 0 aliphatic rings. The first-order valence-electron chi connectivity index (χ1n) is 16.3. The number of amides is 2. The lowest BCUT2D eigenvalue weighted by atomic mass is 10.0. The molecule has 0 spiro atoms. The second kappa shape index (κ2) is 16.5. The fourth-order valence-electron chi connectivity index (χ4n) is 5.39. The van der Waals surface area contributed by atoms with Gasteiger partial charge >= 0.3 is 0 Å². The Hall–Kier alpha value is -5.12. The van der Waals surface area contributed by atoms with Crippen molar-refractivity contribution < 1.29 is 22.7 Å². The van der Waals surface area contributed by atoms with Gasteiger partial charge in [-0.1, -0.05) is 90.0 Å². The van der Waals surface area contributed by atoms with Gasteiger partial charge in [0.25, 0.3) is 10.0 Å². The summed E-state index contributed by atoms with van der Waals surface area (Å²) in [6, 6.07) is 37.5. The van der Waals surface area contributed by atoms with Crippen molar-refractivity contribution >= 4 is 39.1 Å². The predicted octanol–water partition coefficient (Wildman–Crippen LogP) is 7.80. The first-order chi connectivity index (χ1) is 24.0. The number of anilines is 1. The van der Waals surface area contributed by atoms with Crippen molar-refractivity contribution in [2.24, 2.45) is 0 Å². The van der Waals surface area contributed by atoms with Gasteiger partial charge in [-0.3, -0.25) is 13.9 Å². The number of halogens is 1. The number of sulfonamides is 1. The van der Waals surface area contributed by atoms with E-state index in [4.69, 9.17) is 16.3 Å². The maximum absolute atomic E-state index is 14.6. The Morgan fingerprint density at radius 1 is 0.740 bits per heavy atom. The van der Waals surface area contributed by atoms with Crippen LogP contribution in [0, 0.1) is 6.92 Å². The summed E-state index contributed by atoms with van der Waals surface area (Å²) in [7, 11) is -4.25. The van der Waals surface area contributed by atoms with Gasteiger partial charge in [0.1, 0.15) is 24.1 Å². The Kier molecular flexibility index (Phi) is 12.0. The smallest absolute Gasteiger partial charge is 0.264 e. The van der Waals surface area contributed by atoms with Crippen LogP contribution in [0.25, 0.3) is 0 Å². The van der Waals surface area contributed by atoms with Crippen LogP contribution in [0.3, 0.4) is 0 Å². The molecule has 0 saturated carbocycles. The maximum atomic E-state index is 14.6. The fourth-order valence-corrected chi connectivity index (χ4v) is 6.93. The third kappa shape index (κ3) is 9.52. The molecule has 0 heterocycles. The van der Waals surface area contributed by atoms with Gasteiger partial charge in [0.2, 0.25) is 11.8 Å². The van der Waals surface area contributed by atoms with E-state index in [9.17, 15) is 18.0 Å². The molecule has 0 fully saturated rings. The van der Waals surface area contributed by atoms with Crippen LogP contribution in [0.1, 0.15) is 30.5 Å². The molecule has 0 bridgehead atoms. The van der Waals surface area contributed by atoms with Crippen LogP contribution in [0.5, 0.6) is 11.5 Å². The van der Waals surface area contributed by atoms with E-state index in [-0.39, 0.29) is 35.5 Å². The zero-order valence-electron chi connectivity index (χ0n) is 28.2. The standard InChI is InChI=1S/C40H40ClN3O5S/c1-29(2)42-40(46)38(26-31-10-6-4-7-11-31)43(27-32-16-18-33(41)19-17-32)39(45)28-44(50(47,48)37-24-14-30(3)15-25-37)34-20-22-36(23-21-34)49-35-12-8-5-9-13-35/h4-25,29,38H,26-28H2,1-3H3,(H,42,46)/t38-/m0/s1. The Morgan fingerprint density at radius 3 is 1.92 bits per heavy atom. The van der Waals surface area contributed by atoms with E-state index < -0.39 is 28.5 Å². The second-order valence-corrected chi connectivity index (χ2v) is 14.5. The highest BCUT2D eigenvalue weighted by atomic mass is 35.5. The number of nitrogens with one attached hydrogen (secondary N) is 1. The molecule has 50 heavy (non-hydrogen) atoms. The highest BCUT2D eigenvalue weighted by molar-refractivity contribution is 7.92. The minimum absolute atomic E-state index is 0.0307. The molecule has 1 N–H and O–H groups in total. The molecule has 0 unspecified atom stereocenters. The number of para-hydroxylation sites is 1. The van der Waals surface area contributed by atoms with Crippen LogP contribution in [0.4, 0.5) is 5.69 Å². The van der Waals surface area contributed by atoms with Crippen LogP contribution in [0.15, 0.2) is 138 Å². The van der Waals surface area contributed by atoms with Crippen molar-refractivity contribution in [3.8, 4) is 11.5 Å². The quantitative estimate of drug-likeness (QED) is 0.127. The molecule has 10 heteroatoms. The van der Waals surface area contributed by atoms with Crippen LogP contribution < -0.4 is 14.4 Å². The van der Waals surface area contributed by atoms with Crippen molar-refractivity contribution in [3.05, 3.63) is 155 Å². The van der Waals surface area contributed by atoms with Gasteiger partial charge in [0.05, 0.1) is 10.6 Å². The average Bonchev–Trinajstić information content (AvgIpc) is 3.10. The van der Waals surface area contributed by atoms with E-state index in [1.165, 1.54) is 17.0 Å². The molecule has 0 saturated heterocycles. The zero-order chi connectivity index (χ0) is 35.7. The number of nitrogens with zero attached hydrogens (tertiary/aromatic N) is 2. The normalized spacial score (nSPS) is 11.9. The zero-order valence-corrected chi connectivity index (χ0v) is 29.8. The van der Waals surface area contributed by atoms with Gasteiger partial charge in [-0.15, -0.1) is 0 Å². The molecular formula is C40H40ClN3O5S. The van der Waals surface area contributed by atoms with Crippen molar-refractivity contribution in [1.29, 1.82) is 0 Å². The van der Waals surface area contributed by atoms with Crippen LogP contribution >= 0.6 is 11.6 Å². The molecule has 0 aromatic heterocycles. The van der Waals surface area contributed by atoms with Gasteiger partial charge < -0.3 is 15.0 Å².